The minimum Gasteiger partial charge on any atom is -0.315 e. The molecule has 2 nitrogen and oxygen atoms in total. The highest BCUT2D eigenvalue weighted by Crippen LogP contribution is 2.38. The predicted octanol–water partition coefficient (Wildman–Crippen LogP) is 1.47. The standard InChI is InChI=1S/C11H22N2/c1-9(2)13-6-4-5-11(3)8-12-7-10(11)13/h9-10,12H,4-8H2,1-3H3/t10-,11+/m0/s1. The minimum absolute atomic E-state index is 0.558. The van der Waals surface area contributed by atoms with Gasteiger partial charge in [0.1, 0.15) is 0 Å². The van der Waals surface area contributed by atoms with Crippen LogP contribution in [-0.4, -0.2) is 36.6 Å². The Morgan fingerprint density at radius 3 is 2.92 bits per heavy atom. The van der Waals surface area contributed by atoms with Crippen LogP contribution < -0.4 is 5.32 Å². The van der Waals surface area contributed by atoms with Gasteiger partial charge in [-0.15, -0.1) is 0 Å². The van der Waals surface area contributed by atoms with Crippen molar-refractivity contribution in [2.75, 3.05) is 19.6 Å². The first kappa shape index (κ1) is 9.47. The molecule has 0 spiro atoms. The highest BCUT2D eigenvalue weighted by atomic mass is 15.2. The fourth-order valence-electron chi connectivity index (χ4n) is 3.07. The van der Waals surface area contributed by atoms with Crippen LogP contribution >= 0.6 is 0 Å². The fraction of sp³-hybridized carbons (Fsp3) is 1.00. The van der Waals surface area contributed by atoms with Crippen molar-refractivity contribution in [1.29, 1.82) is 0 Å². The summed E-state index contributed by atoms with van der Waals surface area (Å²) in [5, 5.41) is 3.55. The summed E-state index contributed by atoms with van der Waals surface area (Å²) < 4.78 is 0. The van der Waals surface area contributed by atoms with E-state index in [0.29, 0.717) is 11.5 Å². The quantitative estimate of drug-likeness (QED) is 0.660. The summed E-state index contributed by atoms with van der Waals surface area (Å²) in [7, 11) is 0. The molecule has 13 heavy (non-hydrogen) atoms. The van der Waals surface area contributed by atoms with Crippen molar-refractivity contribution in [3.8, 4) is 0 Å². The lowest BCUT2D eigenvalue weighted by Crippen LogP contribution is -2.53. The molecule has 0 radical (unpaired) electrons. The van der Waals surface area contributed by atoms with E-state index in [1.807, 2.05) is 0 Å². The number of fused-ring (bicyclic) bond motifs is 1. The van der Waals surface area contributed by atoms with Gasteiger partial charge in [-0.25, -0.2) is 0 Å². The second kappa shape index (κ2) is 3.25. The van der Waals surface area contributed by atoms with Crippen LogP contribution in [0.1, 0.15) is 33.6 Å². The maximum atomic E-state index is 3.55. The van der Waals surface area contributed by atoms with Crippen LogP contribution in [0.2, 0.25) is 0 Å². The fourth-order valence-corrected chi connectivity index (χ4v) is 3.07. The van der Waals surface area contributed by atoms with E-state index >= 15 is 0 Å². The SMILES string of the molecule is CC(C)N1CCC[C@]2(C)CNC[C@H]12. The molecule has 2 heteroatoms. The van der Waals surface area contributed by atoms with E-state index in [4.69, 9.17) is 0 Å². The van der Waals surface area contributed by atoms with Gasteiger partial charge in [0.15, 0.2) is 0 Å². The van der Waals surface area contributed by atoms with Crippen molar-refractivity contribution in [3.63, 3.8) is 0 Å². The zero-order valence-electron chi connectivity index (χ0n) is 9.14. The monoisotopic (exact) mass is 182 g/mol. The van der Waals surface area contributed by atoms with Crippen molar-refractivity contribution in [3.05, 3.63) is 0 Å². The molecule has 2 aliphatic rings. The molecule has 0 aromatic heterocycles. The molecular weight excluding hydrogens is 160 g/mol. The minimum atomic E-state index is 0.558. The van der Waals surface area contributed by atoms with Gasteiger partial charge in [-0.3, -0.25) is 4.90 Å². The van der Waals surface area contributed by atoms with E-state index in [1.165, 1.54) is 32.5 Å². The van der Waals surface area contributed by atoms with Crippen molar-refractivity contribution in [1.82, 2.24) is 10.2 Å². The molecule has 2 rings (SSSR count). The molecule has 76 valence electrons. The highest BCUT2D eigenvalue weighted by Gasteiger charge is 2.44. The van der Waals surface area contributed by atoms with Gasteiger partial charge in [0.2, 0.25) is 0 Å². The zero-order valence-corrected chi connectivity index (χ0v) is 9.14. The molecular formula is C11H22N2. The van der Waals surface area contributed by atoms with Gasteiger partial charge in [-0.05, 0) is 38.6 Å². The molecule has 0 aromatic rings. The molecule has 2 aliphatic heterocycles. The van der Waals surface area contributed by atoms with Crippen LogP contribution in [0.3, 0.4) is 0 Å². The summed E-state index contributed by atoms with van der Waals surface area (Å²) >= 11 is 0. The zero-order chi connectivity index (χ0) is 9.47. The van der Waals surface area contributed by atoms with E-state index in [0.717, 1.165) is 6.04 Å². The summed E-state index contributed by atoms with van der Waals surface area (Å²) in [4.78, 5) is 2.68. The third kappa shape index (κ3) is 1.50. The Hall–Kier alpha value is -0.0800. The Morgan fingerprint density at radius 1 is 1.46 bits per heavy atom. The Kier molecular flexibility index (Phi) is 2.37. The number of nitrogens with zero attached hydrogens (tertiary/aromatic N) is 1. The summed E-state index contributed by atoms with van der Waals surface area (Å²) in [6, 6.07) is 1.51. The average Bonchev–Trinajstić information content (AvgIpc) is 2.44. The molecule has 2 heterocycles. The first-order valence-corrected chi connectivity index (χ1v) is 5.60. The van der Waals surface area contributed by atoms with E-state index in [9.17, 15) is 0 Å². The van der Waals surface area contributed by atoms with Crippen LogP contribution in [0.4, 0.5) is 0 Å². The van der Waals surface area contributed by atoms with Crippen molar-refractivity contribution in [2.24, 2.45) is 5.41 Å². The Labute approximate surface area is 81.7 Å². The van der Waals surface area contributed by atoms with Crippen molar-refractivity contribution >= 4 is 0 Å². The van der Waals surface area contributed by atoms with Crippen LogP contribution in [0, 0.1) is 5.41 Å². The highest BCUT2D eigenvalue weighted by molar-refractivity contribution is 5.01. The van der Waals surface area contributed by atoms with E-state index < -0.39 is 0 Å². The number of piperidine rings is 1. The first-order valence-electron chi connectivity index (χ1n) is 5.60. The second-order valence-corrected chi connectivity index (χ2v) is 5.24. The summed E-state index contributed by atoms with van der Waals surface area (Å²) in [6.45, 7) is 10.8. The van der Waals surface area contributed by atoms with Crippen molar-refractivity contribution in [2.45, 2.75) is 45.7 Å². The van der Waals surface area contributed by atoms with E-state index in [2.05, 4.69) is 31.0 Å². The second-order valence-electron chi connectivity index (χ2n) is 5.24. The van der Waals surface area contributed by atoms with Crippen LogP contribution in [-0.2, 0) is 0 Å². The van der Waals surface area contributed by atoms with Gasteiger partial charge in [0, 0.05) is 25.2 Å². The number of hydrogen-bond acceptors (Lipinski definition) is 2. The van der Waals surface area contributed by atoms with Gasteiger partial charge >= 0.3 is 0 Å². The summed E-state index contributed by atoms with van der Waals surface area (Å²) in [5.41, 5.74) is 0.558. The Morgan fingerprint density at radius 2 is 2.23 bits per heavy atom. The number of rotatable bonds is 1. The van der Waals surface area contributed by atoms with Gasteiger partial charge in [0.25, 0.3) is 0 Å². The van der Waals surface area contributed by atoms with Gasteiger partial charge in [-0.2, -0.15) is 0 Å². The molecule has 0 bridgehead atoms. The third-order valence-corrected chi connectivity index (χ3v) is 3.90. The molecule has 0 aliphatic carbocycles. The summed E-state index contributed by atoms with van der Waals surface area (Å²) in [5.74, 6) is 0. The van der Waals surface area contributed by atoms with Crippen LogP contribution in [0.25, 0.3) is 0 Å². The summed E-state index contributed by atoms with van der Waals surface area (Å²) in [6.07, 6.45) is 2.79. The van der Waals surface area contributed by atoms with Gasteiger partial charge in [0.05, 0.1) is 0 Å². The van der Waals surface area contributed by atoms with Gasteiger partial charge in [-0.1, -0.05) is 6.92 Å². The molecule has 0 saturated carbocycles. The van der Waals surface area contributed by atoms with Crippen molar-refractivity contribution < 1.29 is 0 Å². The maximum absolute atomic E-state index is 3.55. The smallest absolute Gasteiger partial charge is 0.0289 e. The lowest BCUT2D eigenvalue weighted by Gasteiger charge is -2.45. The lowest BCUT2D eigenvalue weighted by molar-refractivity contribution is 0.0393. The molecule has 2 fully saturated rings. The topological polar surface area (TPSA) is 15.3 Å². The molecule has 1 N–H and O–H groups in total. The Bertz CT molecular complexity index is 191. The molecule has 0 unspecified atom stereocenters. The van der Waals surface area contributed by atoms with Crippen LogP contribution in [0.15, 0.2) is 0 Å². The van der Waals surface area contributed by atoms with Gasteiger partial charge < -0.3 is 5.32 Å². The van der Waals surface area contributed by atoms with E-state index in [-0.39, 0.29) is 0 Å². The molecule has 2 saturated heterocycles. The molecule has 2 atom stereocenters. The number of likely N-dealkylation sites (tertiary alicyclic amines) is 1. The predicted molar refractivity (Wildman–Crippen MR) is 55.8 cm³/mol. The molecule has 0 aromatic carbocycles. The first-order chi connectivity index (χ1) is 6.13. The number of nitrogens with one attached hydrogen (secondary N) is 1. The largest absolute Gasteiger partial charge is 0.315 e. The Balaban J connectivity index is 2.14. The maximum Gasteiger partial charge on any atom is 0.0289 e. The normalized spacial score (nSPS) is 41.1. The lowest BCUT2D eigenvalue weighted by atomic mass is 9.76. The molecule has 0 amide bonds. The van der Waals surface area contributed by atoms with Crippen LogP contribution in [0.5, 0.6) is 0 Å². The third-order valence-electron chi connectivity index (χ3n) is 3.90. The number of hydrogen-bond donors (Lipinski definition) is 1. The van der Waals surface area contributed by atoms with E-state index in [1.54, 1.807) is 0 Å². The average molecular weight is 182 g/mol.